The fourth-order valence-corrected chi connectivity index (χ4v) is 1.77. The van der Waals surface area contributed by atoms with Gasteiger partial charge in [0.2, 0.25) is 0 Å². The number of benzene rings is 1. The van der Waals surface area contributed by atoms with Crippen LogP contribution in [0.25, 0.3) is 0 Å². The Labute approximate surface area is 102 Å². The molecule has 0 amide bonds. The lowest BCUT2D eigenvalue weighted by Crippen LogP contribution is -2.15. The third-order valence-corrected chi connectivity index (χ3v) is 2.70. The molecule has 2 aromatic rings. The summed E-state index contributed by atoms with van der Waals surface area (Å²) in [4.78, 5) is 4.00. The molecule has 0 aliphatic heterocycles. The van der Waals surface area contributed by atoms with Gasteiger partial charge in [0.05, 0.1) is 16.8 Å². The van der Waals surface area contributed by atoms with Gasteiger partial charge in [-0.25, -0.2) is 8.78 Å². The van der Waals surface area contributed by atoms with E-state index in [4.69, 9.17) is 17.3 Å². The molecule has 2 rings (SSSR count). The van der Waals surface area contributed by atoms with Crippen LogP contribution in [0.5, 0.6) is 0 Å². The summed E-state index contributed by atoms with van der Waals surface area (Å²) in [6, 6.07) is 5.68. The van der Waals surface area contributed by atoms with Crippen molar-refractivity contribution in [2.75, 3.05) is 0 Å². The predicted molar refractivity (Wildman–Crippen MR) is 61.6 cm³/mol. The zero-order chi connectivity index (χ0) is 12.4. The normalized spacial score (nSPS) is 12.5. The van der Waals surface area contributed by atoms with Gasteiger partial charge in [-0.15, -0.1) is 0 Å². The van der Waals surface area contributed by atoms with Crippen molar-refractivity contribution in [2.24, 2.45) is 5.73 Å². The highest BCUT2D eigenvalue weighted by molar-refractivity contribution is 6.31. The first-order chi connectivity index (χ1) is 8.09. The van der Waals surface area contributed by atoms with E-state index in [0.717, 1.165) is 12.1 Å². The summed E-state index contributed by atoms with van der Waals surface area (Å²) in [6.45, 7) is 0. The summed E-state index contributed by atoms with van der Waals surface area (Å²) < 4.78 is 26.3. The van der Waals surface area contributed by atoms with E-state index in [-0.39, 0.29) is 5.56 Å². The van der Waals surface area contributed by atoms with Crippen LogP contribution < -0.4 is 5.73 Å². The van der Waals surface area contributed by atoms with E-state index in [2.05, 4.69) is 4.98 Å². The van der Waals surface area contributed by atoms with Crippen LogP contribution in [0, 0.1) is 11.6 Å². The average molecular weight is 255 g/mol. The largest absolute Gasteiger partial charge is 0.319 e. The van der Waals surface area contributed by atoms with E-state index in [1.807, 2.05) is 0 Å². The predicted octanol–water partition coefficient (Wildman–Crippen LogP) is 3.06. The second-order valence-electron chi connectivity index (χ2n) is 3.51. The molecule has 1 unspecified atom stereocenters. The summed E-state index contributed by atoms with van der Waals surface area (Å²) in [6.07, 6.45) is 1.52. The first-order valence-corrected chi connectivity index (χ1v) is 5.28. The lowest BCUT2D eigenvalue weighted by molar-refractivity contribution is 0.564. The fourth-order valence-electron chi connectivity index (χ4n) is 1.53. The van der Waals surface area contributed by atoms with Gasteiger partial charge in [-0.05, 0) is 18.2 Å². The Morgan fingerprint density at radius 3 is 2.65 bits per heavy atom. The molecule has 0 saturated carbocycles. The molecule has 2 N–H and O–H groups in total. The van der Waals surface area contributed by atoms with Crippen LogP contribution in [-0.2, 0) is 0 Å². The molecule has 0 spiro atoms. The van der Waals surface area contributed by atoms with Gasteiger partial charge in [0.15, 0.2) is 0 Å². The number of hydrogen-bond donors (Lipinski definition) is 1. The number of pyridine rings is 1. The first kappa shape index (κ1) is 12.0. The molecule has 1 atom stereocenters. The van der Waals surface area contributed by atoms with Crippen molar-refractivity contribution in [1.82, 2.24) is 4.98 Å². The number of nitrogens with two attached hydrogens (primary N) is 1. The molecular formula is C12H9ClF2N2. The van der Waals surface area contributed by atoms with Crippen LogP contribution in [0.4, 0.5) is 8.78 Å². The van der Waals surface area contributed by atoms with E-state index < -0.39 is 17.7 Å². The smallest absolute Gasteiger partial charge is 0.131 e. The number of aromatic nitrogens is 1. The Morgan fingerprint density at radius 2 is 2.00 bits per heavy atom. The molecule has 17 heavy (non-hydrogen) atoms. The third kappa shape index (κ3) is 2.43. The quantitative estimate of drug-likeness (QED) is 0.895. The van der Waals surface area contributed by atoms with Crippen LogP contribution in [0.3, 0.4) is 0 Å². The topological polar surface area (TPSA) is 38.9 Å². The van der Waals surface area contributed by atoms with E-state index in [1.165, 1.54) is 12.3 Å². The number of hydrogen-bond acceptors (Lipinski definition) is 2. The van der Waals surface area contributed by atoms with Gasteiger partial charge in [-0.3, -0.25) is 4.98 Å². The summed E-state index contributed by atoms with van der Waals surface area (Å²) >= 11 is 5.91. The molecular weight excluding hydrogens is 246 g/mol. The maximum Gasteiger partial charge on any atom is 0.131 e. The highest BCUT2D eigenvalue weighted by Gasteiger charge is 2.17. The Balaban J connectivity index is 2.44. The average Bonchev–Trinajstić information content (AvgIpc) is 2.29. The van der Waals surface area contributed by atoms with Crippen molar-refractivity contribution >= 4 is 11.6 Å². The number of halogens is 3. The Bertz CT molecular complexity index is 546. The lowest BCUT2D eigenvalue weighted by Gasteiger charge is -2.13. The number of rotatable bonds is 2. The van der Waals surface area contributed by atoms with Crippen molar-refractivity contribution in [3.63, 3.8) is 0 Å². The molecule has 88 valence electrons. The van der Waals surface area contributed by atoms with Gasteiger partial charge in [0.25, 0.3) is 0 Å². The molecule has 0 radical (unpaired) electrons. The van der Waals surface area contributed by atoms with Crippen LogP contribution >= 0.6 is 11.6 Å². The first-order valence-electron chi connectivity index (χ1n) is 4.90. The Kier molecular flexibility index (Phi) is 3.36. The van der Waals surface area contributed by atoms with E-state index in [1.54, 1.807) is 12.1 Å². The lowest BCUT2D eigenvalue weighted by atomic mass is 10.0. The highest BCUT2D eigenvalue weighted by Crippen LogP contribution is 2.26. The van der Waals surface area contributed by atoms with Crippen molar-refractivity contribution in [3.05, 3.63) is 64.4 Å². The molecule has 0 bridgehead atoms. The second kappa shape index (κ2) is 4.77. The summed E-state index contributed by atoms with van der Waals surface area (Å²) in [5, 5.41) is 0.351. The van der Waals surface area contributed by atoms with E-state index in [9.17, 15) is 8.78 Å². The molecule has 1 aromatic carbocycles. The highest BCUT2D eigenvalue weighted by atomic mass is 35.5. The number of nitrogens with zero attached hydrogens (tertiary/aromatic N) is 1. The minimum Gasteiger partial charge on any atom is -0.319 e. The Morgan fingerprint density at radius 1 is 1.24 bits per heavy atom. The van der Waals surface area contributed by atoms with Crippen LogP contribution in [0.15, 0.2) is 36.5 Å². The fraction of sp³-hybridized carbons (Fsp3) is 0.0833. The van der Waals surface area contributed by atoms with Crippen molar-refractivity contribution in [3.8, 4) is 0 Å². The van der Waals surface area contributed by atoms with Gasteiger partial charge in [0.1, 0.15) is 11.6 Å². The van der Waals surface area contributed by atoms with Crippen molar-refractivity contribution in [2.45, 2.75) is 6.04 Å². The summed E-state index contributed by atoms with van der Waals surface area (Å²) in [7, 11) is 0. The molecule has 2 nitrogen and oxygen atoms in total. The van der Waals surface area contributed by atoms with Gasteiger partial charge >= 0.3 is 0 Å². The van der Waals surface area contributed by atoms with Crippen LogP contribution in [0.2, 0.25) is 5.02 Å². The molecule has 0 saturated heterocycles. The minimum absolute atomic E-state index is 0.159. The standard InChI is InChI=1S/C12H9ClF2N2/c13-9-2-1-5-17-12(9)11(16)8-4-3-7(14)6-10(8)15/h1-6,11H,16H2. The molecule has 0 aliphatic rings. The van der Waals surface area contributed by atoms with Gasteiger partial charge in [0, 0.05) is 17.8 Å². The van der Waals surface area contributed by atoms with Gasteiger partial charge < -0.3 is 5.73 Å². The maximum atomic E-state index is 13.5. The van der Waals surface area contributed by atoms with Crippen molar-refractivity contribution in [1.29, 1.82) is 0 Å². The molecule has 0 fully saturated rings. The Hall–Kier alpha value is -1.52. The monoisotopic (exact) mass is 254 g/mol. The van der Waals surface area contributed by atoms with E-state index in [0.29, 0.717) is 10.7 Å². The molecule has 1 aromatic heterocycles. The maximum absolute atomic E-state index is 13.5. The van der Waals surface area contributed by atoms with Gasteiger partial charge in [-0.2, -0.15) is 0 Å². The zero-order valence-electron chi connectivity index (χ0n) is 8.70. The SMILES string of the molecule is NC(c1ccc(F)cc1F)c1ncccc1Cl. The molecule has 5 heteroatoms. The van der Waals surface area contributed by atoms with Crippen LogP contribution in [-0.4, -0.2) is 4.98 Å². The second-order valence-corrected chi connectivity index (χ2v) is 3.92. The molecule has 1 heterocycles. The minimum atomic E-state index is -0.815. The zero-order valence-corrected chi connectivity index (χ0v) is 9.46. The molecule has 0 aliphatic carbocycles. The van der Waals surface area contributed by atoms with Crippen molar-refractivity contribution < 1.29 is 8.78 Å². The van der Waals surface area contributed by atoms with E-state index >= 15 is 0 Å². The van der Waals surface area contributed by atoms with Gasteiger partial charge in [-0.1, -0.05) is 17.7 Å². The van der Waals surface area contributed by atoms with Crippen LogP contribution in [0.1, 0.15) is 17.3 Å². The summed E-state index contributed by atoms with van der Waals surface area (Å²) in [5.74, 6) is -1.36. The third-order valence-electron chi connectivity index (χ3n) is 2.38. The summed E-state index contributed by atoms with van der Waals surface area (Å²) in [5.41, 5.74) is 6.38.